The van der Waals surface area contributed by atoms with Crippen molar-refractivity contribution in [2.75, 3.05) is 6.61 Å². The van der Waals surface area contributed by atoms with Crippen LogP contribution in [-0.2, 0) is 5.41 Å². The molecule has 0 saturated heterocycles. The SMILES string of the molecule is CC1(C)COc2ccc(C(N)C3CCC3)cc21. The average molecular weight is 231 g/mol. The second-order valence-corrected chi connectivity index (χ2v) is 6.14. The van der Waals surface area contributed by atoms with Gasteiger partial charge >= 0.3 is 0 Å². The van der Waals surface area contributed by atoms with E-state index in [0.717, 1.165) is 12.4 Å². The summed E-state index contributed by atoms with van der Waals surface area (Å²) in [4.78, 5) is 0. The molecular formula is C15H21NO. The van der Waals surface area contributed by atoms with E-state index < -0.39 is 0 Å². The third-order valence-electron chi connectivity index (χ3n) is 4.36. The first-order valence-electron chi connectivity index (χ1n) is 6.61. The fraction of sp³-hybridized carbons (Fsp3) is 0.600. The van der Waals surface area contributed by atoms with E-state index in [1.54, 1.807) is 0 Å². The molecule has 1 atom stereocenters. The Balaban J connectivity index is 1.92. The minimum atomic E-state index is 0.130. The van der Waals surface area contributed by atoms with Gasteiger partial charge in [-0.1, -0.05) is 26.3 Å². The average Bonchev–Trinajstić information content (AvgIpc) is 2.52. The Morgan fingerprint density at radius 1 is 1.35 bits per heavy atom. The number of rotatable bonds is 2. The fourth-order valence-electron chi connectivity index (χ4n) is 2.82. The first-order chi connectivity index (χ1) is 8.08. The number of fused-ring (bicyclic) bond motifs is 1. The van der Waals surface area contributed by atoms with E-state index in [9.17, 15) is 0 Å². The summed E-state index contributed by atoms with van der Waals surface area (Å²) in [5.74, 6) is 1.73. The van der Waals surface area contributed by atoms with Crippen molar-refractivity contribution in [3.63, 3.8) is 0 Å². The number of benzene rings is 1. The van der Waals surface area contributed by atoms with E-state index >= 15 is 0 Å². The lowest BCUT2D eigenvalue weighted by Crippen LogP contribution is -2.27. The third kappa shape index (κ3) is 1.75. The van der Waals surface area contributed by atoms with Crippen LogP contribution in [0.5, 0.6) is 5.75 Å². The number of ether oxygens (including phenoxy) is 1. The molecule has 1 unspecified atom stereocenters. The molecule has 0 bridgehead atoms. The van der Waals surface area contributed by atoms with Crippen LogP contribution < -0.4 is 10.5 Å². The molecule has 1 saturated carbocycles. The first kappa shape index (κ1) is 11.1. The van der Waals surface area contributed by atoms with E-state index in [2.05, 4.69) is 32.0 Å². The first-order valence-corrected chi connectivity index (χ1v) is 6.61. The van der Waals surface area contributed by atoms with Crippen LogP contribution in [0.4, 0.5) is 0 Å². The van der Waals surface area contributed by atoms with Gasteiger partial charge in [-0.2, -0.15) is 0 Å². The minimum Gasteiger partial charge on any atom is -0.492 e. The molecule has 1 aliphatic carbocycles. The molecule has 2 N–H and O–H groups in total. The molecule has 1 heterocycles. The highest BCUT2D eigenvalue weighted by Crippen LogP contribution is 2.42. The highest BCUT2D eigenvalue weighted by molar-refractivity contribution is 5.46. The monoisotopic (exact) mass is 231 g/mol. The van der Waals surface area contributed by atoms with Crippen molar-refractivity contribution in [1.82, 2.24) is 0 Å². The largest absolute Gasteiger partial charge is 0.492 e. The van der Waals surface area contributed by atoms with Gasteiger partial charge in [-0.05, 0) is 36.5 Å². The van der Waals surface area contributed by atoms with E-state index in [-0.39, 0.29) is 11.5 Å². The predicted molar refractivity (Wildman–Crippen MR) is 69.2 cm³/mol. The van der Waals surface area contributed by atoms with Crippen molar-refractivity contribution in [3.8, 4) is 5.75 Å². The molecule has 0 amide bonds. The molecule has 2 aliphatic rings. The topological polar surface area (TPSA) is 35.2 Å². The zero-order chi connectivity index (χ0) is 12.0. The third-order valence-corrected chi connectivity index (χ3v) is 4.36. The summed E-state index contributed by atoms with van der Waals surface area (Å²) in [6.07, 6.45) is 3.92. The van der Waals surface area contributed by atoms with E-state index in [0.29, 0.717) is 5.92 Å². The summed E-state index contributed by atoms with van der Waals surface area (Å²) in [5, 5.41) is 0. The maximum Gasteiger partial charge on any atom is 0.123 e. The zero-order valence-corrected chi connectivity index (χ0v) is 10.7. The molecule has 1 aliphatic heterocycles. The second-order valence-electron chi connectivity index (χ2n) is 6.14. The van der Waals surface area contributed by atoms with Crippen molar-refractivity contribution in [3.05, 3.63) is 29.3 Å². The van der Waals surface area contributed by atoms with Crippen LogP contribution in [0.1, 0.15) is 50.3 Å². The molecule has 1 aromatic carbocycles. The van der Waals surface area contributed by atoms with Gasteiger partial charge in [0.25, 0.3) is 0 Å². The Bertz CT molecular complexity index is 435. The summed E-state index contributed by atoms with van der Waals surface area (Å²) >= 11 is 0. The second kappa shape index (κ2) is 3.74. The number of hydrogen-bond donors (Lipinski definition) is 1. The Morgan fingerprint density at radius 2 is 2.12 bits per heavy atom. The Labute approximate surface area is 103 Å². The van der Waals surface area contributed by atoms with Crippen molar-refractivity contribution < 1.29 is 4.74 Å². The van der Waals surface area contributed by atoms with Gasteiger partial charge in [-0.25, -0.2) is 0 Å². The lowest BCUT2D eigenvalue weighted by Gasteiger charge is -2.32. The quantitative estimate of drug-likeness (QED) is 0.848. The molecular weight excluding hydrogens is 210 g/mol. The highest BCUT2D eigenvalue weighted by atomic mass is 16.5. The van der Waals surface area contributed by atoms with Gasteiger partial charge in [0.15, 0.2) is 0 Å². The van der Waals surface area contributed by atoms with Gasteiger partial charge in [-0.15, -0.1) is 0 Å². The van der Waals surface area contributed by atoms with Crippen molar-refractivity contribution in [2.24, 2.45) is 11.7 Å². The molecule has 17 heavy (non-hydrogen) atoms. The molecule has 2 nitrogen and oxygen atoms in total. The van der Waals surface area contributed by atoms with Crippen molar-refractivity contribution in [2.45, 2.75) is 44.6 Å². The van der Waals surface area contributed by atoms with Crippen molar-refractivity contribution in [1.29, 1.82) is 0 Å². The standard InChI is InChI=1S/C15H21NO/c1-15(2)9-17-13-7-6-11(8-12(13)15)14(16)10-4-3-5-10/h6-8,10,14H,3-5,9,16H2,1-2H3. The van der Waals surface area contributed by atoms with E-state index in [4.69, 9.17) is 10.5 Å². The summed E-state index contributed by atoms with van der Waals surface area (Å²) in [6, 6.07) is 6.72. The zero-order valence-electron chi connectivity index (χ0n) is 10.7. The van der Waals surface area contributed by atoms with Gasteiger partial charge in [-0.3, -0.25) is 0 Å². The molecule has 1 fully saturated rings. The molecule has 0 aromatic heterocycles. The molecule has 92 valence electrons. The van der Waals surface area contributed by atoms with Crippen molar-refractivity contribution >= 4 is 0 Å². The molecule has 2 heteroatoms. The Hall–Kier alpha value is -1.02. The Morgan fingerprint density at radius 3 is 2.76 bits per heavy atom. The predicted octanol–water partition coefficient (Wildman–Crippen LogP) is 3.16. The smallest absolute Gasteiger partial charge is 0.123 e. The van der Waals surface area contributed by atoms with Gasteiger partial charge in [0.2, 0.25) is 0 Å². The van der Waals surface area contributed by atoms with Gasteiger partial charge in [0, 0.05) is 17.0 Å². The molecule has 0 spiro atoms. The number of nitrogens with two attached hydrogens (primary N) is 1. The van der Waals surface area contributed by atoms with Crippen LogP contribution in [-0.4, -0.2) is 6.61 Å². The van der Waals surface area contributed by atoms with Crippen LogP contribution in [0.25, 0.3) is 0 Å². The normalized spacial score (nSPS) is 23.7. The maximum absolute atomic E-state index is 6.34. The Kier molecular flexibility index (Phi) is 2.44. The number of hydrogen-bond acceptors (Lipinski definition) is 2. The summed E-state index contributed by atoms with van der Waals surface area (Å²) in [7, 11) is 0. The minimum absolute atomic E-state index is 0.130. The van der Waals surface area contributed by atoms with Crippen LogP contribution in [0.3, 0.4) is 0 Å². The maximum atomic E-state index is 6.34. The summed E-state index contributed by atoms with van der Waals surface area (Å²) < 4.78 is 5.71. The molecule has 3 rings (SSSR count). The van der Waals surface area contributed by atoms with Crippen LogP contribution in [0, 0.1) is 5.92 Å². The van der Waals surface area contributed by atoms with Gasteiger partial charge in [0.1, 0.15) is 5.75 Å². The molecule has 1 aromatic rings. The van der Waals surface area contributed by atoms with Gasteiger partial charge in [0.05, 0.1) is 6.61 Å². The van der Waals surface area contributed by atoms with Crippen LogP contribution in [0.15, 0.2) is 18.2 Å². The molecule has 0 radical (unpaired) electrons. The lowest BCUT2D eigenvalue weighted by molar-refractivity contribution is 0.264. The lowest BCUT2D eigenvalue weighted by atomic mass is 9.76. The summed E-state index contributed by atoms with van der Waals surface area (Å²) in [5.41, 5.74) is 9.08. The van der Waals surface area contributed by atoms with E-state index in [1.165, 1.54) is 30.4 Å². The highest BCUT2D eigenvalue weighted by Gasteiger charge is 2.33. The van der Waals surface area contributed by atoms with Gasteiger partial charge < -0.3 is 10.5 Å². The van der Waals surface area contributed by atoms with E-state index in [1.807, 2.05) is 0 Å². The summed E-state index contributed by atoms with van der Waals surface area (Å²) in [6.45, 7) is 5.25. The van der Waals surface area contributed by atoms with Crippen LogP contribution in [0.2, 0.25) is 0 Å². The van der Waals surface area contributed by atoms with Crippen LogP contribution >= 0.6 is 0 Å². The fourth-order valence-corrected chi connectivity index (χ4v) is 2.82.